The first kappa shape index (κ1) is 36.2. The van der Waals surface area contributed by atoms with E-state index in [0.717, 1.165) is 25.7 Å². The summed E-state index contributed by atoms with van der Waals surface area (Å²) < 4.78 is 11.7. The lowest BCUT2D eigenvalue weighted by Gasteiger charge is -2.10. The van der Waals surface area contributed by atoms with Crippen LogP contribution in [0.5, 0.6) is 23.0 Å². The summed E-state index contributed by atoms with van der Waals surface area (Å²) in [7, 11) is 0. The Kier molecular flexibility index (Phi) is 19.7. The number of aliphatic imine (C=N–C) groups is 2. The number of ether oxygens (including phenoxy) is 2. The van der Waals surface area contributed by atoms with Gasteiger partial charge in [-0.25, -0.2) is 0 Å². The van der Waals surface area contributed by atoms with Gasteiger partial charge >= 0.3 is 0 Å². The summed E-state index contributed by atoms with van der Waals surface area (Å²) in [4.78, 5) is 9.05. The first-order valence-electron chi connectivity index (χ1n) is 17.0. The zero-order chi connectivity index (χ0) is 31.0. The highest BCUT2D eigenvalue weighted by atomic mass is 16.5. The fourth-order valence-electron chi connectivity index (χ4n) is 4.91. The van der Waals surface area contributed by atoms with Crippen molar-refractivity contribution in [3.8, 4) is 23.0 Å². The lowest BCUT2D eigenvalue weighted by atomic mass is 10.1. The van der Waals surface area contributed by atoms with Crippen LogP contribution in [0.2, 0.25) is 0 Å². The van der Waals surface area contributed by atoms with Crippen LogP contribution in [0.1, 0.15) is 135 Å². The maximum atomic E-state index is 10.7. The SMILES string of the molecule is CCCCCCCCCCOc1cccc(C=NCC(C)N=Cc2cccc(OCCCCCCCCCC)c2O)c1O. The lowest BCUT2D eigenvalue weighted by Crippen LogP contribution is -2.04. The Morgan fingerprint density at radius 1 is 0.605 bits per heavy atom. The van der Waals surface area contributed by atoms with Crippen LogP contribution in [0.25, 0.3) is 0 Å². The molecule has 0 saturated carbocycles. The molecule has 43 heavy (non-hydrogen) atoms. The van der Waals surface area contributed by atoms with Crippen molar-refractivity contribution in [3.05, 3.63) is 47.5 Å². The minimum absolute atomic E-state index is 0.0962. The smallest absolute Gasteiger partial charge is 0.166 e. The summed E-state index contributed by atoms with van der Waals surface area (Å²) in [5, 5.41) is 21.3. The monoisotopic (exact) mass is 594 g/mol. The highest BCUT2D eigenvalue weighted by molar-refractivity contribution is 5.85. The molecule has 0 saturated heterocycles. The van der Waals surface area contributed by atoms with Gasteiger partial charge in [-0.3, -0.25) is 9.98 Å². The van der Waals surface area contributed by atoms with Crippen molar-refractivity contribution in [2.45, 2.75) is 130 Å². The molecular weight excluding hydrogens is 536 g/mol. The molecule has 0 bridgehead atoms. The standard InChI is InChI=1S/C37H58N2O4/c1-4-6-8-10-12-14-16-18-26-42-34-24-20-22-32(36(34)40)29-38-28-31(3)39-30-33-23-21-25-35(37(33)41)43-27-19-17-15-13-11-9-7-5-2/h20-25,29-31,40-41H,4-19,26-28H2,1-3H3. The van der Waals surface area contributed by atoms with Gasteiger partial charge in [0.25, 0.3) is 0 Å². The van der Waals surface area contributed by atoms with Gasteiger partial charge in [0.15, 0.2) is 23.0 Å². The summed E-state index contributed by atoms with van der Waals surface area (Å²) in [6.45, 7) is 8.12. The number of phenolic OH excluding ortho intramolecular Hbond substituents is 2. The second-order valence-corrected chi connectivity index (χ2v) is 11.7. The number of nitrogens with zero attached hydrogens (tertiary/aromatic N) is 2. The summed E-state index contributed by atoms with van der Waals surface area (Å²) in [6, 6.07) is 10.9. The summed E-state index contributed by atoms with van der Waals surface area (Å²) >= 11 is 0. The van der Waals surface area contributed by atoms with Gasteiger partial charge in [-0.2, -0.15) is 0 Å². The van der Waals surface area contributed by atoms with Gasteiger partial charge in [-0.15, -0.1) is 0 Å². The quantitative estimate of drug-likeness (QED) is 0.0885. The van der Waals surface area contributed by atoms with Crippen molar-refractivity contribution in [1.82, 2.24) is 0 Å². The van der Waals surface area contributed by atoms with Crippen molar-refractivity contribution >= 4 is 12.4 Å². The van der Waals surface area contributed by atoms with E-state index < -0.39 is 0 Å². The van der Waals surface area contributed by atoms with E-state index in [4.69, 9.17) is 9.47 Å². The zero-order valence-electron chi connectivity index (χ0n) is 27.2. The molecule has 0 aromatic heterocycles. The summed E-state index contributed by atoms with van der Waals surface area (Å²) in [6.07, 6.45) is 23.3. The molecule has 1 unspecified atom stereocenters. The molecule has 0 amide bonds. The van der Waals surface area contributed by atoms with E-state index in [2.05, 4.69) is 23.8 Å². The normalized spacial score (nSPS) is 12.3. The first-order valence-corrected chi connectivity index (χ1v) is 17.0. The molecule has 2 N–H and O–H groups in total. The Balaban J connectivity index is 1.72. The largest absolute Gasteiger partial charge is 0.504 e. The van der Waals surface area contributed by atoms with Crippen LogP contribution < -0.4 is 9.47 Å². The molecule has 2 aromatic rings. The molecule has 6 heteroatoms. The Labute approximate surface area is 261 Å². The highest BCUT2D eigenvalue weighted by Gasteiger charge is 2.09. The van der Waals surface area contributed by atoms with E-state index in [0.29, 0.717) is 42.4 Å². The van der Waals surface area contributed by atoms with E-state index in [1.165, 1.54) is 77.0 Å². The maximum Gasteiger partial charge on any atom is 0.166 e. The van der Waals surface area contributed by atoms with Crippen LogP contribution >= 0.6 is 0 Å². The molecular formula is C37H58N2O4. The van der Waals surface area contributed by atoms with Gasteiger partial charge in [-0.1, -0.05) is 116 Å². The Bertz CT molecular complexity index is 1050. The van der Waals surface area contributed by atoms with E-state index in [9.17, 15) is 10.2 Å². The predicted octanol–water partition coefficient (Wildman–Crippen LogP) is 10.1. The minimum atomic E-state index is -0.0962. The number of aromatic hydroxyl groups is 2. The molecule has 2 rings (SSSR count). The fraction of sp³-hybridized carbons (Fsp3) is 0.622. The Morgan fingerprint density at radius 2 is 1.02 bits per heavy atom. The number of hydrogen-bond donors (Lipinski definition) is 2. The number of hydrogen-bond acceptors (Lipinski definition) is 6. The third kappa shape index (κ3) is 15.9. The van der Waals surface area contributed by atoms with Crippen LogP contribution in [-0.2, 0) is 0 Å². The van der Waals surface area contributed by atoms with Gasteiger partial charge in [0.05, 0.1) is 25.8 Å². The minimum Gasteiger partial charge on any atom is -0.504 e. The number of phenols is 2. The Hall–Kier alpha value is -3.02. The van der Waals surface area contributed by atoms with E-state index >= 15 is 0 Å². The molecule has 2 aromatic carbocycles. The van der Waals surface area contributed by atoms with E-state index in [-0.39, 0.29) is 17.5 Å². The van der Waals surface area contributed by atoms with Crippen molar-refractivity contribution in [2.24, 2.45) is 9.98 Å². The third-order valence-corrected chi connectivity index (χ3v) is 7.64. The zero-order valence-corrected chi connectivity index (χ0v) is 27.2. The summed E-state index contributed by atoms with van der Waals surface area (Å²) in [5.41, 5.74) is 1.26. The maximum absolute atomic E-state index is 10.7. The van der Waals surface area contributed by atoms with Gasteiger partial charge in [-0.05, 0) is 44.0 Å². The number of rotatable bonds is 25. The van der Waals surface area contributed by atoms with E-state index in [1.807, 2.05) is 31.2 Å². The molecule has 240 valence electrons. The molecule has 0 radical (unpaired) electrons. The number of benzene rings is 2. The van der Waals surface area contributed by atoms with Crippen molar-refractivity contribution in [2.75, 3.05) is 19.8 Å². The van der Waals surface area contributed by atoms with Crippen molar-refractivity contribution < 1.29 is 19.7 Å². The van der Waals surface area contributed by atoms with Crippen molar-refractivity contribution in [1.29, 1.82) is 0 Å². The summed E-state index contributed by atoms with van der Waals surface area (Å²) in [5.74, 6) is 1.24. The number of unbranched alkanes of at least 4 members (excludes halogenated alkanes) is 14. The average Bonchev–Trinajstić information content (AvgIpc) is 3.01. The highest BCUT2D eigenvalue weighted by Crippen LogP contribution is 2.30. The average molecular weight is 595 g/mol. The fourth-order valence-corrected chi connectivity index (χ4v) is 4.91. The molecule has 0 aliphatic heterocycles. The second kappa shape index (κ2) is 23.4. The van der Waals surface area contributed by atoms with Gasteiger partial charge in [0, 0.05) is 23.6 Å². The third-order valence-electron chi connectivity index (χ3n) is 7.64. The molecule has 6 nitrogen and oxygen atoms in total. The molecule has 0 heterocycles. The Morgan fingerprint density at radius 3 is 1.49 bits per heavy atom. The molecule has 1 atom stereocenters. The number of para-hydroxylation sites is 2. The van der Waals surface area contributed by atoms with Crippen LogP contribution in [0.3, 0.4) is 0 Å². The van der Waals surface area contributed by atoms with Gasteiger partial charge in [0.2, 0.25) is 0 Å². The topological polar surface area (TPSA) is 83.6 Å². The second-order valence-electron chi connectivity index (χ2n) is 11.7. The molecule has 0 aliphatic carbocycles. The molecule has 0 fully saturated rings. The van der Waals surface area contributed by atoms with Crippen molar-refractivity contribution in [3.63, 3.8) is 0 Å². The van der Waals surface area contributed by atoms with Gasteiger partial charge < -0.3 is 19.7 Å². The van der Waals surface area contributed by atoms with E-state index in [1.54, 1.807) is 24.6 Å². The van der Waals surface area contributed by atoms with Crippen LogP contribution in [0, 0.1) is 0 Å². The molecule has 0 aliphatic rings. The molecule has 0 spiro atoms. The lowest BCUT2D eigenvalue weighted by molar-refractivity contribution is 0.288. The predicted molar refractivity (Wildman–Crippen MR) is 182 cm³/mol. The van der Waals surface area contributed by atoms with Crippen LogP contribution in [0.4, 0.5) is 0 Å². The van der Waals surface area contributed by atoms with Crippen LogP contribution in [0.15, 0.2) is 46.4 Å². The van der Waals surface area contributed by atoms with Crippen LogP contribution in [-0.4, -0.2) is 48.4 Å². The van der Waals surface area contributed by atoms with Gasteiger partial charge in [0.1, 0.15) is 0 Å². The first-order chi connectivity index (χ1) is 21.1.